The summed E-state index contributed by atoms with van der Waals surface area (Å²) in [4.78, 5) is 19.5. The van der Waals surface area contributed by atoms with Crippen LogP contribution >= 0.6 is 0 Å². The number of hydrogen-bond donors (Lipinski definition) is 5. The first-order chi connectivity index (χ1) is 5.46. The van der Waals surface area contributed by atoms with Crippen molar-refractivity contribution in [1.29, 1.82) is 0 Å². The Morgan fingerprint density at radius 3 is 1.25 bits per heavy atom. The average Bonchev–Trinajstić information content (AvgIpc) is 2.05. The van der Waals surface area contributed by atoms with Crippen LogP contribution in [0.1, 0.15) is 0 Å². The highest BCUT2D eigenvalue weighted by Gasteiger charge is 2.29. The number of nitrogens with two attached hydrogens (primary N) is 1. The van der Waals surface area contributed by atoms with E-state index in [1.165, 1.54) is 7.05 Å². The molecule has 0 bridgehead atoms. The Kier molecular flexibility index (Phi) is 7.29. The first-order valence-corrected chi connectivity index (χ1v) is 2.86. The van der Waals surface area contributed by atoms with E-state index in [-0.39, 0.29) is 0 Å². The molecule has 7 nitrogen and oxygen atoms in total. The van der Waals surface area contributed by atoms with Gasteiger partial charge in [-0.3, -0.25) is 0 Å². The molecule has 7 heteroatoms. The number of rotatable bonds is 3. The lowest BCUT2D eigenvalue weighted by Gasteiger charge is -2.07. The molecule has 2 unspecified atom stereocenters. The minimum absolute atomic E-state index is 1.50. The van der Waals surface area contributed by atoms with Crippen LogP contribution in [-0.2, 0) is 9.59 Å². The molecule has 6 N–H and O–H groups in total. The SMILES string of the molecule is CN.O=C(O)C(O)C(O)C(=O)O. The zero-order valence-corrected chi connectivity index (χ0v) is 6.34. The molecule has 0 radical (unpaired) electrons. The Labute approximate surface area is 68.0 Å². The lowest BCUT2D eigenvalue weighted by atomic mass is 10.2. The molecule has 0 aliphatic rings. The molecule has 0 rings (SSSR count). The quantitative estimate of drug-likeness (QED) is 0.322. The van der Waals surface area contributed by atoms with Gasteiger partial charge in [0.15, 0.2) is 12.2 Å². The van der Waals surface area contributed by atoms with E-state index in [1.54, 1.807) is 0 Å². The topological polar surface area (TPSA) is 141 Å². The van der Waals surface area contributed by atoms with Crippen LogP contribution in [0.3, 0.4) is 0 Å². The van der Waals surface area contributed by atoms with E-state index < -0.39 is 24.1 Å². The zero-order chi connectivity index (χ0) is 10.3. The van der Waals surface area contributed by atoms with Gasteiger partial charge in [-0.05, 0) is 7.05 Å². The molecular formula is C5H11NO6. The molecule has 0 aromatic carbocycles. The maximum atomic E-state index is 9.77. The Hall–Kier alpha value is -1.18. The van der Waals surface area contributed by atoms with Crippen molar-refractivity contribution in [2.24, 2.45) is 5.73 Å². The molecule has 2 atom stereocenters. The number of hydrogen-bond acceptors (Lipinski definition) is 5. The maximum Gasteiger partial charge on any atom is 0.335 e. The third-order valence-electron chi connectivity index (χ3n) is 0.805. The van der Waals surface area contributed by atoms with E-state index in [2.05, 4.69) is 5.73 Å². The molecule has 0 aromatic heterocycles. The summed E-state index contributed by atoms with van der Waals surface area (Å²) in [7, 11) is 1.50. The fourth-order valence-corrected chi connectivity index (χ4v) is 0.270. The number of carboxylic acids is 2. The van der Waals surface area contributed by atoms with Gasteiger partial charge in [-0.2, -0.15) is 0 Å². The second-order valence-electron chi connectivity index (χ2n) is 1.57. The second-order valence-corrected chi connectivity index (χ2v) is 1.57. The van der Waals surface area contributed by atoms with Crippen molar-refractivity contribution in [3.05, 3.63) is 0 Å². The van der Waals surface area contributed by atoms with Crippen molar-refractivity contribution in [2.45, 2.75) is 12.2 Å². The molecule has 0 amide bonds. The van der Waals surface area contributed by atoms with Gasteiger partial charge in [0.25, 0.3) is 0 Å². The monoisotopic (exact) mass is 181 g/mol. The summed E-state index contributed by atoms with van der Waals surface area (Å²) < 4.78 is 0. The zero-order valence-electron chi connectivity index (χ0n) is 6.34. The fourth-order valence-electron chi connectivity index (χ4n) is 0.270. The summed E-state index contributed by atoms with van der Waals surface area (Å²) in [5.74, 6) is -3.54. The minimum atomic E-state index is -2.27. The van der Waals surface area contributed by atoms with Crippen LogP contribution < -0.4 is 5.73 Å². The Bertz CT molecular complexity index is 140. The second kappa shape index (κ2) is 6.53. The number of aliphatic carboxylic acids is 2. The van der Waals surface area contributed by atoms with Gasteiger partial charge in [0, 0.05) is 0 Å². The summed E-state index contributed by atoms with van der Waals surface area (Å²) in [5, 5.41) is 32.5. The van der Waals surface area contributed by atoms with Crippen LogP contribution in [0.4, 0.5) is 0 Å². The molecule has 12 heavy (non-hydrogen) atoms. The molecule has 0 fully saturated rings. The number of carboxylic acid groups (broad SMARTS) is 2. The summed E-state index contributed by atoms with van der Waals surface area (Å²) in [6.07, 6.45) is -4.53. The van der Waals surface area contributed by atoms with E-state index in [0.29, 0.717) is 0 Å². The van der Waals surface area contributed by atoms with E-state index in [9.17, 15) is 9.59 Å². The minimum Gasteiger partial charge on any atom is -0.479 e. The lowest BCUT2D eigenvalue weighted by molar-refractivity contribution is -0.165. The van der Waals surface area contributed by atoms with Gasteiger partial charge in [0.2, 0.25) is 0 Å². The molecule has 0 aliphatic heterocycles. The molecule has 0 saturated heterocycles. The van der Waals surface area contributed by atoms with Crippen LogP contribution in [0.2, 0.25) is 0 Å². The van der Waals surface area contributed by atoms with E-state index >= 15 is 0 Å². The molecule has 72 valence electrons. The highest BCUT2D eigenvalue weighted by Crippen LogP contribution is 1.92. The van der Waals surface area contributed by atoms with Crippen molar-refractivity contribution >= 4 is 11.9 Å². The van der Waals surface area contributed by atoms with Crippen LogP contribution in [-0.4, -0.2) is 51.6 Å². The first-order valence-electron chi connectivity index (χ1n) is 2.86. The number of carbonyl (C=O) groups is 2. The van der Waals surface area contributed by atoms with Crippen molar-refractivity contribution in [3.63, 3.8) is 0 Å². The fraction of sp³-hybridized carbons (Fsp3) is 0.600. The Morgan fingerprint density at radius 1 is 1.00 bits per heavy atom. The van der Waals surface area contributed by atoms with Crippen molar-refractivity contribution in [1.82, 2.24) is 0 Å². The van der Waals surface area contributed by atoms with Crippen molar-refractivity contribution < 1.29 is 30.0 Å². The van der Waals surface area contributed by atoms with Crippen LogP contribution in [0, 0.1) is 0 Å². The predicted molar refractivity (Wildman–Crippen MR) is 37.4 cm³/mol. The van der Waals surface area contributed by atoms with Gasteiger partial charge < -0.3 is 26.2 Å². The predicted octanol–water partition coefficient (Wildman–Crippen LogP) is -2.55. The number of aliphatic hydroxyl groups is 2. The van der Waals surface area contributed by atoms with Crippen molar-refractivity contribution in [3.8, 4) is 0 Å². The third kappa shape index (κ3) is 4.61. The average molecular weight is 181 g/mol. The maximum absolute atomic E-state index is 9.77. The molecule has 0 spiro atoms. The van der Waals surface area contributed by atoms with Gasteiger partial charge in [0.1, 0.15) is 0 Å². The summed E-state index contributed by atoms with van der Waals surface area (Å²) in [6, 6.07) is 0. The van der Waals surface area contributed by atoms with Crippen LogP contribution in [0.15, 0.2) is 0 Å². The molecular weight excluding hydrogens is 170 g/mol. The molecule has 0 heterocycles. The van der Waals surface area contributed by atoms with Crippen molar-refractivity contribution in [2.75, 3.05) is 7.05 Å². The summed E-state index contributed by atoms with van der Waals surface area (Å²) in [6.45, 7) is 0. The lowest BCUT2D eigenvalue weighted by Crippen LogP contribution is -2.39. The van der Waals surface area contributed by atoms with E-state index in [0.717, 1.165) is 0 Å². The molecule has 0 aromatic rings. The normalized spacial score (nSPS) is 13.7. The van der Waals surface area contributed by atoms with E-state index in [4.69, 9.17) is 20.4 Å². The highest BCUT2D eigenvalue weighted by molar-refractivity contribution is 5.82. The van der Waals surface area contributed by atoms with Gasteiger partial charge in [-0.25, -0.2) is 9.59 Å². The largest absolute Gasteiger partial charge is 0.479 e. The molecule has 0 aliphatic carbocycles. The summed E-state index contributed by atoms with van der Waals surface area (Å²) >= 11 is 0. The van der Waals surface area contributed by atoms with E-state index in [1.807, 2.05) is 0 Å². The Morgan fingerprint density at radius 2 is 1.17 bits per heavy atom. The standard InChI is InChI=1S/C4H6O6.CH5N/c5-1(3(7)8)2(6)4(9)10;1-2/h1-2,5-6H,(H,7,8)(H,9,10);2H2,1H3. The first kappa shape index (κ1) is 13.4. The van der Waals surface area contributed by atoms with Crippen LogP contribution in [0.25, 0.3) is 0 Å². The van der Waals surface area contributed by atoms with Gasteiger partial charge in [0.05, 0.1) is 0 Å². The van der Waals surface area contributed by atoms with Gasteiger partial charge >= 0.3 is 11.9 Å². The smallest absolute Gasteiger partial charge is 0.335 e. The molecule has 0 saturated carbocycles. The summed E-state index contributed by atoms with van der Waals surface area (Å²) in [5.41, 5.74) is 4.50. The highest BCUT2D eigenvalue weighted by atomic mass is 16.4. The number of aliphatic hydroxyl groups excluding tert-OH is 2. The third-order valence-corrected chi connectivity index (χ3v) is 0.805. The van der Waals surface area contributed by atoms with Gasteiger partial charge in [-0.1, -0.05) is 0 Å². The van der Waals surface area contributed by atoms with Crippen LogP contribution in [0.5, 0.6) is 0 Å². The van der Waals surface area contributed by atoms with Gasteiger partial charge in [-0.15, -0.1) is 0 Å². The Balaban J connectivity index is 0.